The molecule has 0 amide bonds. The van der Waals surface area contributed by atoms with Crippen LogP contribution in [0.1, 0.15) is 80.4 Å². The van der Waals surface area contributed by atoms with Crippen molar-refractivity contribution in [1.29, 1.82) is 0 Å². The average molecular weight is 731 g/mol. The lowest BCUT2D eigenvalue weighted by atomic mass is 10.2. The summed E-state index contributed by atoms with van der Waals surface area (Å²) in [7, 11) is 0. The van der Waals surface area contributed by atoms with Crippen LogP contribution in [0.2, 0.25) is 0 Å². The Morgan fingerprint density at radius 1 is 0.538 bits per heavy atom. The van der Waals surface area contributed by atoms with E-state index in [0.717, 1.165) is 23.3 Å². The molecule has 2 aromatic rings. The summed E-state index contributed by atoms with van der Waals surface area (Å²) in [6.07, 6.45) is -0.252. The zero-order valence-corrected chi connectivity index (χ0v) is 32.7. The summed E-state index contributed by atoms with van der Waals surface area (Å²) in [5.74, 6) is -0.230. The van der Waals surface area contributed by atoms with Crippen molar-refractivity contribution in [2.24, 2.45) is 0 Å². The van der Waals surface area contributed by atoms with Crippen molar-refractivity contribution >= 4 is 11.9 Å². The zero-order valence-electron chi connectivity index (χ0n) is 32.7. The van der Waals surface area contributed by atoms with Crippen LogP contribution in [0.15, 0.2) is 60.7 Å². The number of carbonyl (C=O) groups is 2. The molecule has 0 aliphatic rings. The van der Waals surface area contributed by atoms with Crippen molar-refractivity contribution in [2.75, 3.05) is 26.4 Å². The van der Waals surface area contributed by atoms with Gasteiger partial charge >= 0.3 is 11.9 Å². The number of hydrogen-bond donors (Lipinski definition) is 2. The van der Waals surface area contributed by atoms with E-state index >= 15 is 0 Å². The van der Waals surface area contributed by atoms with Gasteiger partial charge in [-0.1, -0.05) is 24.3 Å². The summed E-state index contributed by atoms with van der Waals surface area (Å²) in [5.41, 5.74) is 1.99. The number of carbonyl (C=O) groups excluding carboxylic acids is 2. The second kappa shape index (κ2) is 24.7. The Bertz CT molecular complexity index is 1200. The predicted octanol–water partition coefficient (Wildman–Crippen LogP) is 6.10. The van der Waals surface area contributed by atoms with Crippen molar-refractivity contribution in [2.45, 2.75) is 131 Å². The quantitative estimate of drug-likeness (QED) is 0.0502. The first-order chi connectivity index (χ1) is 24.7. The lowest BCUT2D eigenvalue weighted by molar-refractivity contribution is -0.150. The van der Waals surface area contributed by atoms with Gasteiger partial charge in [0.05, 0.1) is 51.8 Å². The molecule has 0 saturated heterocycles. The Labute approximate surface area is 310 Å². The van der Waals surface area contributed by atoms with E-state index in [-0.39, 0.29) is 24.3 Å². The van der Waals surface area contributed by atoms with E-state index in [9.17, 15) is 9.59 Å². The molecule has 0 saturated carbocycles. The highest BCUT2D eigenvalue weighted by Crippen LogP contribution is 2.18. The van der Waals surface area contributed by atoms with E-state index in [4.69, 9.17) is 37.9 Å². The van der Waals surface area contributed by atoms with Gasteiger partial charge in [-0.3, -0.25) is 10.6 Å². The summed E-state index contributed by atoms with van der Waals surface area (Å²) in [6, 6.07) is 15.1. The van der Waals surface area contributed by atoms with Crippen LogP contribution in [-0.4, -0.2) is 87.3 Å². The maximum Gasteiger partial charge on any atom is 0.331 e. The first-order valence-corrected chi connectivity index (χ1v) is 18.2. The molecule has 0 aromatic heterocycles. The van der Waals surface area contributed by atoms with Crippen molar-refractivity contribution in [1.82, 2.24) is 10.6 Å². The van der Waals surface area contributed by atoms with Crippen LogP contribution in [0, 0.1) is 0 Å². The van der Waals surface area contributed by atoms with Crippen LogP contribution in [0.3, 0.4) is 0 Å². The Hall–Kier alpha value is -3.52. The summed E-state index contributed by atoms with van der Waals surface area (Å²) >= 11 is 0. The predicted molar refractivity (Wildman–Crippen MR) is 200 cm³/mol. The van der Waals surface area contributed by atoms with E-state index in [0.29, 0.717) is 51.1 Å². The molecule has 2 N–H and O–H groups in total. The van der Waals surface area contributed by atoms with Crippen molar-refractivity contribution in [3.8, 4) is 11.5 Å². The normalized spacial score (nSPS) is 14.2. The minimum atomic E-state index is -0.713. The van der Waals surface area contributed by atoms with Crippen LogP contribution < -0.4 is 20.1 Å². The van der Waals surface area contributed by atoms with Gasteiger partial charge in [0, 0.05) is 24.2 Å². The largest absolute Gasteiger partial charge is 0.471 e. The van der Waals surface area contributed by atoms with Crippen LogP contribution in [0.4, 0.5) is 0 Å². The minimum Gasteiger partial charge on any atom is -0.471 e. The number of ether oxygens (including phenoxy) is 8. The number of hydrogen-bond acceptors (Lipinski definition) is 12. The van der Waals surface area contributed by atoms with Gasteiger partial charge in [0.2, 0.25) is 0 Å². The summed E-state index contributed by atoms with van der Waals surface area (Å²) < 4.78 is 45.8. The van der Waals surface area contributed by atoms with Crippen molar-refractivity contribution in [3.05, 3.63) is 71.8 Å². The molecule has 0 bridgehead atoms. The van der Waals surface area contributed by atoms with Gasteiger partial charge in [0.25, 0.3) is 0 Å². The average Bonchev–Trinajstić information content (AvgIpc) is 3.07. The van der Waals surface area contributed by atoms with Crippen LogP contribution in [0.25, 0.3) is 0 Å². The highest BCUT2D eigenvalue weighted by atomic mass is 16.6. The molecule has 2 rings (SSSR count). The van der Waals surface area contributed by atoms with E-state index in [2.05, 4.69) is 10.6 Å². The molecule has 52 heavy (non-hydrogen) atoms. The van der Waals surface area contributed by atoms with Crippen molar-refractivity contribution in [3.63, 3.8) is 0 Å². The first kappa shape index (κ1) is 44.6. The molecule has 292 valence electrons. The van der Waals surface area contributed by atoms with Gasteiger partial charge in [-0.2, -0.15) is 0 Å². The van der Waals surface area contributed by atoms with Crippen LogP contribution >= 0.6 is 0 Å². The molecule has 0 fully saturated rings. The molecule has 4 atom stereocenters. The number of benzene rings is 2. The topological polar surface area (TPSA) is 132 Å². The third kappa shape index (κ3) is 19.9. The number of nitrogens with one attached hydrogen (secondary N) is 2. The molecule has 0 spiro atoms. The Morgan fingerprint density at radius 3 is 1.19 bits per heavy atom. The van der Waals surface area contributed by atoms with Gasteiger partial charge in [0.1, 0.15) is 23.7 Å². The van der Waals surface area contributed by atoms with E-state index in [1.54, 1.807) is 13.8 Å². The van der Waals surface area contributed by atoms with Gasteiger partial charge in [-0.15, -0.1) is 0 Å². The van der Waals surface area contributed by atoms with Gasteiger partial charge < -0.3 is 37.9 Å². The Morgan fingerprint density at radius 2 is 0.885 bits per heavy atom. The van der Waals surface area contributed by atoms with Crippen molar-refractivity contribution < 1.29 is 47.5 Å². The minimum absolute atomic E-state index is 0.0420. The fraction of sp³-hybridized carbons (Fsp3) is 0.600. The number of esters is 2. The van der Waals surface area contributed by atoms with E-state index < -0.39 is 36.6 Å². The summed E-state index contributed by atoms with van der Waals surface area (Å²) in [5, 5.41) is 6.56. The van der Waals surface area contributed by atoms with Gasteiger partial charge in [0.15, 0.2) is 12.5 Å². The lowest BCUT2D eigenvalue weighted by Gasteiger charge is -2.28. The Balaban J connectivity index is 1.88. The summed E-state index contributed by atoms with van der Waals surface area (Å²) in [4.78, 5) is 25.4. The van der Waals surface area contributed by atoms with Gasteiger partial charge in [-0.25, -0.2) is 9.59 Å². The molecule has 12 heteroatoms. The third-order valence-corrected chi connectivity index (χ3v) is 7.08. The SMILES string of the molecule is CC(C)NC(Oc1ccc(COCCOC(C)C)cc1)C(C)OC(=O)/C=C/C(=O)OC(C)C(NC(C)C)Oc1ccc(COCCOC(C)C)cc1. The fourth-order valence-corrected chi connectivity index (χ4v) is 4.58. The second-order valence-electron chi connectivity index (χ2n) is 13.6. The van der Waals surface area contributed by atoms with Crippen LogP contribution in [-0.2, 0) is 51.2 Å². The standard InChI is InChI=1S/C40H62N2O10/c1-27(2)41-39(51-35-15-11-33(12-16-35)25-45-21-23-47-29(5)6)31(9)49-37(43)19-20-38(44)50-32(10)40(42-28(3)4)52-36-17-13-34(14-18-36)26-46-22-24-48-30(7)8/h11-20,27-32,39-42H,21-26H2,1-10H3/b20-19+. The maximum atomic E-state index is 12.7. The monoisotopic (exact) mass is 730 g/mol. The lowest BCUT2D eigenvalue weighted by Crippen LogP contribution is -2.48. The van der Waals surface area contributed by atoms with E-state index in [1.807, 2.05) is 104 Å². The molecular weight excluding hydrogens is 668 g/mol. The molecule has 0 aliphatic carbocycles. The van der Waals surface area contributed by atoms with Gasteiger partial charge in [-0.05, 0) is 105 Å². The molecule has 0 radical (unpaired) electrons. The molecule has 2 aromatic carbocycles. The number of rotatable bonds is 26. The molecule has 0 heterocycles. The van der Waals surface area contributed by atoms with E-state index in [1.165, 1.54) is 0 Å². The highest BCUT2D eigenvalue weighted by molar-refractivity contribution is 5.91. The van der Waals surface area contributed by atoms with Crippen LogP contribution in [0.5, 0.6) is 11.5 Å². The second-order valence-corrected chi connectivity index (χ2v) is 13.6. The summed E-state index contributed by atoms with van der Waals surface area (Å²) in [6.45, 7) is 22.3. The zero-order chi connectivity index (χ0) is 38.5. The fourth-order valence-electron chi connectivity index (χ4n) is 4.58. The molecule has 4 unspecified atom stereocenters. The molecule has 12 nitrogen and oxygen atoms in total. The Kier molecular flexibility index (Phi) is 21.2. The molecular formula is C40H62N2O10. The maximum absolute atomic E-state index is 12.7. The molecule has 0 aliphatic heterocycles. The third-order valence-electron chi connectivity index (χ3n) is 7.08. The first-order valence-electron chi connectivity index (χ1n) is 18.2. The smallest absolute Gasteiger partial charge is 0.331 e. The highest BCUT2D eigenvalue weighted by Gasteiger charge is 2.25.